The number of pyridine rings is 1. The van der Waals surface area contributed by atoms with E-state index >= 15 is 0 Å². The SMILES string of the molecule is COc1cc(OC)cc(C(=O)NCCNC(=O)c2ccncc2)c1. The molecule has 0 bridgehead atoms. The molecule has 0 aliphatic heterocycles. The summed E-state index contributed by atoms with van der Waals surface area (Å²) in [6, 6.07) is 8.17. The average molecular weight is 329 g/mol. The van der Waals surface area contributed by atoms with Gasteiger partial charge in [0.2, 0.25) is 0 Å². The second-order valence-corrected chi connectivity index (χ2v) is 4.85. The van der Waals surface area contributed by atoms with Crippen LogP contribution in [0.4, 0.5) is 0 Å². The van der Waals surface area contributed by atoms with Crippen LogP contribution in [0.25, 0.3) is 0 Å². The first-order valence-electron chi connectivity index (χ1n) is 7.33. The maximum Gasteiger partial charge on any atom is 0.251 e. The fraction of sp³-hybridized carbons (Fsp3) is 0.235. The van der Waals surface area contributed by atoms with Crippen LogP contribution in [0.5, 0.6) is 11.5 Å². The molecular formula is C17H19N3O4. The van der Waals surface area contributed by atoms with Gasteiger partial charge in [0.05, 0.1) is 14.2 Å². The Morgan fingerprint density at radius 1 is 0.875 bits per heavy atom. The van der Waals surface area contributed by atoms with Crippen molar-refractivity contribution in [1.82, 2.24) is 15.6 Å². The van der Waals surface area contributed by atoms with Crippen molar-refractivity contribution in [1.29, 1.82) is 0 Å². The molecule has 2 rings (SSSR count). The van der Waals surface area contributed by atoms with Crippen LogP contribution in [-0.2, 0) is 0 Å². The van der Waals surface area contributed by atoms with Gasteiger partial charge >= 0.3 is 0 Å². The zero-order chi connectivity index (χ0) is 17.4. The largest absolute Gasteiger partial charge is 0.497 e. The number of ether oxygens (including phenoxy) is 2. The zero-order valence-corrected chi connectivity index (χ0v) is 13.5. The third kappa shape index (κ3) is 4.70. The lowest BCUT2D eigenvalue weighted by Crippen LogP contribution is -2.34. The molecule has 2 amide bonds. The van der Waals surface area contributed by atoms with Gasteiger partial charge < -0.3 is 20.1 Å². The molecule has 0 aliphatic rings. The van der Waals surface area contributed by atoms with Crippen LogP contribution < -0.4 is 20.1 Å². The molecule has 0 spiro atoms. The van der Waals surface area contributed by atoms with Gasteiger partial charge in [-0.05, 0) is 24.3 Å². The smallest absolute Gasteiger partial charge is 0.251 e. The number of nitrogens with zero attached hydrogens (tertiary/aromatic N) is 1. The van der Waals surface area contributed by atoms with Crippen molar-refractivity contribution in [3.8, 4) is 11.5 Å². The quantitative estimate of drug-likeness (QED) is 0.747. The van der Waals surface area contributed by atoms with Crippen LogP contribution in [-0.4, -0.2) is 44.1 Å². The summed E-state index contributed by atoms with van der Waals surface area (Å²) in [5.41, 5.74) is 0.945. The number of benzene rings is 1. The maximum absolute atomic E-state index is 12.2. The monoisotopic (exact) mass is 329 g/mol. The molecule has 7 heteroatoms. The van der Waals surface area contributed by atoms with E-state index in [4.69, 9.17) is 9.47 Å². The lowest BCUT2D eigenvalue weighted by Gasteiger charge is -2.10. The summed E-state index contributed by atoms with van der Waals surface area (Å²) in [6.07, 6.45) is 3.10. The van der Waals surface area contributed by atoms with Gasteiger partial charge in [-0.2, -0.15) is 0 Å². The number of methoxy groups -OCH3 is 2. The lowest BCUT2D eigenvalue weighted by molar-refractivity contribution is 0.0927. The fourth-order valence-electron chi connectivity index (χ4n) is 2.00. The normalized spacial score (nSPS) is 9.92. The molecule has 0 radical (unpaired) electrons. The highest BCUT2D eigenvalue weighted by Gasteiger charge is 2.10. The summed E-state index contributed by atoms with van der Waals surface area (Å²) in [5, 5.41) is 5.45. The first-order valence-corrected chi connectivity index (χ1v) is 7.33. The molecule has 2 aromatic rings. The first kappa shape index (κ1) is 17.3. The molecule has 0 fully saturated rings. The summed E-state index contributed by atoms with van der Waals surface area (Å²) in [5.74, 6) is 0.580. The Morgan fingerprint density at radius 3 is 1.88 bits per heavy atom. The Morgan fingerprint density at radius 2 is 1.38 bits per heavy atom. The van der Waals surface area contributed by atoms with E-state index in [-0.39, 0.29) is 11.8 Å². The van der Waals surface area contributed by atoms with E-state index in [0.717, 1.165) is 0 Å². The van der Waals surface area contributed by atoms with E-state index < -0.39 is 0 Å². The Bertz CT molecular complexity index is 682. The highest BCUT2D eigenvalue weighted by atomic mass is 16.5. The molecule has 2 N–H and O–H groups in total. The number of carbonyl (C=O) groups is 2. The second-order valence-electron chi connectivity index (χ2n) is 4.85. The maximum atomic E-state index is 12.2. The predicted molar refractivity (Wildman–Crippen MR) is 88.4 cm³/mol. The Hall–Kier alpha value is -3.09. The second kappa shape index (κ2) is 8.52. The van der Waals surface area contributed by atoms with Gasteiger partial charge in [0.15, 0.2) is 0 Å². The van der Waals surface area contributed by atoms with Crippen molar-refractivity contribution in [3.63, 3.8) is 0 Å². The van der Waals surface area contributed by atoms with Crippen LogP contribution in [0.3, 0.4) is 0 Å². The Balaban J connectivity index is 1.84. The molecule has 24 heavy (non-hydrogen) atoms. The van der Waals surface area contributed by atoms with E-state index in [1.54, 1.807) is 42.7 Å². The Labute approximate surface area is 140 Å². The van der Waals surface area contributed by atoms with E-state index in [0.29, 0.717) is 35.7 Å². The molecule has 1 heterocycles. The average Bonchev–Trinajstić information content (AvgIpc) is 2.64. The van der Waals surface area contributed by atoms with Crippen molar-refractivity contribution in [2.45, 2.75) is 0 Å². The van der Waals surface area contributed by atoms with Crippen LogP contribution in [0.15, 0.2) is 42.7 Å². The van der Waals surface area contributed by atoms with Gasteiger partial charge in [0.1, 0.15) is 11.5 Å². The summed E-state index contributed by atoms with van der Waals surface area (Å²) < 4.78 is 10.3. The van der Waals surface area contributed by atoms with Gasteiger partial charge in [-0.1, -0.05) is 0 Å². The summed E-state index contributed by atoms with van der Waals surface area (Å²) in [4.78, 5) is 27.8. The van der Waals surface area contributed by atoms with Gasteiger partial charge in [0.25, 0.3) is 11.8 Å². The minimum Gasteiger partial charge on any atom is -0.497 e. The van der Waals surface area contributed by atoms with Gasteiger partial charge in [-0.3, -0.25) is 14.6 Å². The summed E-state index contributed by atoms with van der Waals surface area (Å²) in [7, 11) is 3.04. The molecule has 1 aromatic carbocycles. The number of amides is 2. The van der Waals surface area contributed by atoms with Crippen LogP contribution in [0.1, 0.15) is 20.7 Å². The lowest BCUT2D eigenvalue weighted by atomic mass is 10.2. The van der Waals surface area contributed by atoms with E-state index in [2.05, 4.69) is 15.6 Å². The Kier molecular flexibility index (Phi) is 6.13. The molecule has 0 saturated heterocycles. The van der Waals surface area contributed by atoms with Gasteiger partial charge in [-0.15, -0.1) is 0 Å². The van der Waals surface area contributed by atoms with Crippen molar-refractivity contribution in [2.24, 2.45) is 0 Å². The number of hydrogen-bond acceptors (Lipinski definition) is 5. The number of nitrogens with one attached hydrogen (secondary N) is 2. The third-order valence-electron chi connectivity index (χ3n) is 3.25. The first-order chi connectivity index (χ1) is 11.6. The molecule has 7 nitrogen and oxygen atoms in total. The minimum atomic E-state index is -0.273. The van der Waals surface area contributed by atoms with Crippen LogP contribution >= 0.6 is 0 Å². The molecule has 0 saturated carbocycles. The molecule has 0 unspecified atom stereocenters. The van der Waals surface area contributed by atoms with Crippen molar-refractivity contribution in [2.75, 3.05) is 27.3 Å². The molecule has 126 valence electrons. The highest BCUT2D eigenvalue weighted by molar-refractivity contribution is 5.95. The standard InChI is InChI=1S/C17H19N3O4/c1-23-14-9-13(10-15(11-14)24-2)17(22)20-8-7-19-16(21)12-3-5-18-6-4-12/h3-6,9-11H,7-8H2,1-2H3,(H,19,21)(H,20,22). The molecule has 0 aliphatic carbocycles. The summed E-state index contributed by atoms with van der Waals surface area (Å²) >= 11 is 0. The molecular weight excluding hydrogens is 310 g/mol. The van der Waals surface area contributed by atoms with Crippen LogP contribution in [0, 0.1) is 0 Å². The predicted octanol–water partition coefficient (Wildman–Crippen LogP) is 1.26. The summed E-state index contributed by atoms with van der Waals surface area (Å²) in [6.45, 7) is 0.614. The third-order valence-corrected chi connectivity index (χ3v) is 3.25. The fourth-order valence-corrected chi connectivity index (χ4v) is 2.00. The molecule has 1 aromatic heterocycles. The number of hydrogen-bond donors (Lipinski definition) is 2. The van der Waals surface area contributed by atoms with E-state index in [9.17, 15) is 9.59 Å². The number of carbonyl (C=O) groups excluding carboxylic acids is 2. The number of rotatable bonds is 7. The van der Waals surface area contributed by atoms with Crippen LogP contribution in [0.2, 0.25) is 0 Å². The van der Waals surface area contributed by atoms with Gasteiger partial charge in [-0.25, -0.2) is 0 Å². The van der Waals surface area contributed by atoms with Crippen molar-refractivity contribution in [3.05, 3.63) is 53.9 Å². The highest BCUT2D eigenvalue weighted by Crippen LogP contribution is 2.22. The van der Waals surface area contributed by atoms with Crippen molar-refractivity contribution >= 4 is 11.8 Å². The molecule has 0 atom stereocenters. The van der Waals surface area contributed by atoms with Crippen molar-refractivity contribution < 1.29 is 19.1 Å². The van der Waals surface area contributed by atoms with E-state index in [1.165, 1.54) is 14.2 Å². The minimum absolute atomic E-state index is 0.213. The number of aromatic nitrogens is 1. The van der Waals surface area contributed by atoms with Gasteiger partial charge in [0, 0.05) is 42.7 Å². The zero-order valence-electron chi connectivity index (χ0n) is 13.5. The topological polar surface area (TPSA) is 89.5 Å². The van der Waals surface area contributed by atoms with E-state index in [1.807, 2.05) is 0 Å².